The monoisotopic (exact) mass is 306 g/mol. The summed E-state index contributed by atoms with van der Waals surface area (Å²) in [6, 6.07) is 1.88. The third-order valence-corrected chi connectivity index (χ3v) is 4.32. The zero-order valence-corrected chi connectivity index (χ0v) is 14.9. The van der Waals surface area contributed by atoms with E-state index in [0.717, 1.165) is 19.0 Å². The summed E-state index contributed by atoms with van der Waals surface area (Å²) in [6.07, 6.45) is 10.2. The van der Waals surface area contributed by atoms with Crippen molar-refractivity contribution in [1.29, 1.82) is 0 Å². The Morgan fingerprint density at radius 1 is 1.00 bits per heavy atom. The molecule has 4 heteroatoms. The molecule has 0 bridgehead atoms. The van der Waals surface area contributed by atoms with Crippen molar-refractivity contribution in [2.45, 2.75) is 59.8 Å². The first kappa shape index (κ1) is 18.9. The summed E-state index contributed by atoms with van der Waals surface area (Å²) < 4.78 is 0. The van der Waals surface area contributed by atoms with Crippen molar-refractivity contribution >= 4 is 5.95 Å². The van der Waals surface area contributed by atoms with Gasteiger partial charge in [-0.15, -0.1) is 0 Å². The van der Waals surface area contributed by atoms with Crippen LogP contribution in [0.15, 0.2) is 18.5 Å². The molecule has 2 saturated heterocycles. The van der Waals surface area contributed by atoms with Crippen molar-refractivity contribution < 1.29 is 0 Å². The average molecular weight is 306 g/mol. The van der Waals surface area contributed by atoms with Crippen LogP contribution in [0, 0.1) is 5.41 Å². The lowest BCUT2D eigenvalue weighted by Gasteiger charge is -2.44. The number of nitrogens with zero attached hydrogens (tertiary/aromatic N) is 3. The van der Waals surface area contributed by atoms with Gasteiger partial charge < -0.3 is 10.2 Å². The second kappa shape index (κ2) is 10.5. The van der Waals surface area contributed by atoms with Gasteiger partial charge in [-0.05, 0) is 50.3 Å². The molecule has 2 aliphatic heterocycles. The van der Waals surface area contributed by atoms with Crippen molar-refractivity contribution in [3.05, 3.63) is 18.5 Å². The van der Waals surface area contributed by atoms with Crippen molar-refractivity contribution in [3.8, 4) is 0 Å². The number of hydrogen-bond donors (Lipinski definition) is 1. The van der Waals surface area contributed by atoms with Crippen LogP contribution in [0.1, 0.15) is 59.8 Å². The van der Waals surface area contributed by atoms with E-state index in [-0.39, 0.29) is 0 Å². The fraction of sp³-hybridized carbons (Fsp3) is 0.778. The number of aromatic nitrogens is 2. The number of rotatable bonds is 1. The first-order chi connectivity index (χ1) is 10.8. The Balaban J connectivity index is 0.000000435. The Kier molecular flexibility index (Phi) is 9.05. The average Bonchev–Trinajstić information content (AvgIpc) is 2.60. The lowest BCUT2D eigenvalue weighted by molar-refractivity contribution is 0.154. The summed E-state index contributed by atoms with van der Waals surface area (Å²) in [6.45, 7) is 12.9. The smallest absolute Gasteiger partial charge is 0.225 e. The fourth-order valence-electron chi connectivity index (χ4n) is 3.09. The molecule has 0 unspecified atom stereocenters. The van der Waals surface area contributed by atoms with Gasteiger partial charge >= 0.3 is 0 Å². The molecule has 0 aromatic carbocycles. The van der Waals surface area contributed by atoms with Crippen LogP contribution in [0.4, 0.5) is 5.95 Å². The quantitative estimate of drug-likeness (QED) is 0.854. The van der Waals surface area contributed by atoms with Crippen LogP contribution in [0.25, 0.3) is 0 Å². The maximum absolute atomic E-state index is 4.34. The van der Waals surface area contributed by atoms with Gasteiger partial charge in [0.2, 0.25) is 5.95 Å². The minimum absolute atomic E-state index is 0.608. The highest BCUT2D eigenvalue weighted by Crippen LogP contribution is 2.39. The first-order valence-corrected chi connectivity index (χ1v) is 9.02. The van der Waals surface area contributed by atoms with Gasteiger partial charge in [-0.2, -0.15) is 0 Å². The van der Waals surface area contributed by atoms with Gasteiger partial charge in [-0.3, -0.25) is 0 Å². The fourth-order valence-corrected chi connectivity index (χ4v) is 3.09. The zero-order chi connectivity index (χ0) is 16.3. The first-order valence-electron chi connectivity index (χ1n) is 9.02. The molecule has 22 heavy (non-hydrogen) atoms. The highest BCUT2D eigenvalue weighted by Gasteiger charge is 2.35. The Bertz CT molecular complexity index is 364. The molecule has 1 aromatic heterocycles. The molecule has 0 saturated carbocycles. The molecule has 1 aromatic rings. The molecule has 0 radical (unpaired) electrons. The van der Waals surface area contributed by atoms with E-state index in [1.807, 2.05) is 32.3 Å². The minimum atomic E-state index is 0.608. The van der Waals surface area contributed by atoms with Gasteiger partial charge in [0.25, 0.3) is 0 Å². The normalized spacial score (nSPS) is 19.5. The number of piperidine rings is 2. The maximum atomic E-state index is 4.34. The second-order valence-corrected chi connectivity index (χ2v) is 5.99. The van der Waals surface area contributed by atoms with Crippen LogP contribution in [0.3, 0.4) is 0 Å². The van der Waals surface area contributed by atoms with Crippen LogP contribution in [0.2, 0.25) is 0 Å². The van der Waals surface area contributed by atoms with Gasteiger partial charge in [0.15, 0.2) is 0 Å². The number of hydrogen-bond acceptors (Lipinski definition) is 4. The predicted molar refractivity (Wildman–Crippen MR) is 95.3 cm³/mol. The molecule has 4 nitrogen and oxygen atoms in total. The Morgan fingerprint density at radius 3 is 2.00 bits per heavy atom. The van der Waals surface area contributed by atoms with Crippen molar-refractivity contribution in [3.63, 3.8) is 0 Å². The Hall–Kier alpha value is -1.16. The molecule has 0 aliphatic carbocycles. The molecule has 0 atom stereocenters. The van der Waals surface area contributed by atoms with E-state index < -0.39 is 0 Å². The lowest BCUT2D eigenvalue weighted by atomic mass is 9.72. The zero-order valence-electron chi connectivity index (χ0n) is 14.9. The summed E-state index contributed by atoms with van der Waals surface area (Å²) in [5, 5.41) is 3.46. The lowest BCUT2D eigenvalue weighted by Crippen LogP contribution is -2.46. The maximum Gasteiger partial charge on any atom is 0.225 e. The summed E-state index contributed by atoms with van der Waals surface area (Å²) in [7, 11) is 0. The summed E-state index contributed by atoms with van der Waals surface area (Å²) in [5.41, 5.74) is 0.608. The van der Waals surface area contributed by atoms with Crippen molar-refractivity contribution in [1.82, 2.24) is 15.3 Å². The summed E-state index contributed by atoms with van der Waals surface area (Å²) in [4.78, 5) is 11.0. The molecular formula is C18H34N4. The standard InChI is InChI=1S/C13H20N4.C3H8.C2H6/c1-6-15-12(16-7-1)17-10-4-13(5-11-17)2-8-14-9-3-13;1-3-2;1-2/h1,6-7,14H,2-5,8-11H2;3H2,1-2H3;1-2H3. The van der Waals surface area contributed by atoms with Gasteiger partial charge in [-0.1, -0.05) is 34.1 Å². The molecule has 3 heterocycles. The van der Waals surface area contributed by atoms with Crippen LogP contribution in [0.5, 0.6) is 0 Å². The van der Waals surface area contributed by atoms with Gasteiger partial charge in [0, 0.05) is 25.5 Å². The summed E-state index contributed by atoms with van der Waals surface area (Å²) >= 11 is 0. The molecule has 1 spiro atoms. The molecular weight excluding hydrogens is 272 g/mol. The molecule has 2 fully saturated rings. The van der Waals surface area contributed by atoms with Gasteiger partial charge in [0.1, 0.15) is 0 Å². The second-order valence-electron chi connectivity index (χ2n) is 5.99. The van der Waals surface area contributed by atoms with Crippen LogP contribution >= 0.6 is 0 Å². The largest absolute Gasteiger partial charge is 0.341 e. The highest BCUT2D eigenvalue weighted by molar-refractivity contribution is 5.29. The molecule has 126 valence electrons. The Labute approximate surface area is 136 Å². The minimum Gasteiger partial charge on any atom is -0.341 e. The van der Waals surface area contributed by atoms with Gasteiger partial charge in [-0.25, -0.2) is 9.97 Å². The van der Waals surface area contributed by atoms with E-state index in [4.69, 9.17) is 0 Å². The van der Waals surface area contributed by atoms with Gasteiger partial charge in [0.05, 0.1) is 0 Å². The number of anilines is 1. The molecule has 0 amide bonds. The third kappa shape index (κ3) is 5.56. The van der Waals surface area contributed by atoms with Crippen molar-refractivity contribution in [2.75, 3.05) is 31.1 Å². The SMILES string of the molecule is CC.CCC.c1cnc(N2CCC3(CCNCC3)CC2)nc1. The van der Waals surface area contributed by atoms with E-state index in [9.17, 15) is 0 Å². The van der Waals surface area contributed by atoms with E-state index >= 15 is 0 Å². The predicted octanol–water partition coefficient (Wildman–Crippen LogP) is 3.89. The molecule has 3 rings (SSSR count). The van der Waals surface area contributed by atoms with Crippen LogP contribution < -0.4 is 10.2 Å². The van der Waals surface area contributed by atoms with Crippen molar-refractivity contribution in [2.24, 2.45) is 5.41 Å². The third-order valence-electron chi connectivity index (χ3n) is 4.32. The molecule has 2 aliphatic rings. The van der Waals surface area contributed by atoms with E-state index in [2.05, 4.69) is 34.0 Å². The van der Waals surface area contributed by atoms with E-state index in [1.54, 1.807) is 0 Å². The van der Waals surface area contributed by atoms with E-state index in [0.29, 0.717) is 5.41 Å². The molecule has 1 N–H and O–H groups in total. The number of nitrogens with one attached hydrogen (secondary N) is 1. The van der Waals surface area contributed by atoms with E-state index in [1.165, 1.54) is 45.2 Å². The van der Waals surface area contributed by atoms with Crippen LogP contribution in [-0.4, -0.2) is 36.1 Å². The van der Waals surface area contributed by atoms with Crippen LogP contribution in [-0.2, 0) is 0 Å². The topological polar surface area (TPSA) is 41.1 Å². The Morgan fingerprint density at radius 2 is 1.50 bits per heavy atom. The summed E-state index contributed by atoms with van der Waals surface area (Å²) in [5.74, 6) is 0.899. The highest BCUT2D eigenvalue weighted by atomic mass is 15.2.